The summed E-state index contributed by atoms with van der Waals surface area (Å²) in [6.45, 7) is 3.73. The number of rotatable bonds is 5. The van der Waals surface area contributed by atoms with Crippen LogP contribution in [0.25, 0.3) is 11.1 Å². The summed E-state index contributed by atoms with van der Waals surface area (Å²) < 4.78 is 33.5. The van der Waals surface area contributed by atoms with Crippen LogP contribution >= 0.6 is 0 Å². The molecule has 0 aliphatic rings. The van der Waals surface area contributed by atoms with Crippen LogP contribution in [0.5, 0.6) is 5.88 Å². The average molecular weight is 368 g/mol. The van der Waals surface area contributed by atoms with Crippen LogP contribution in [0.4, 0.5) is 14.5 Å². The topological polar surface area (TPSA) is 51.2 Å². The average Bonchev–Trinajstić information content (AvgIpc) is 2.64. The highest BCUT2D eigenvalue weighted by Crippen LogP contribution is 2.31. The van der Waals surface area contributed by atoms with Crippen LogP contribution in [0.2, 0.25) is 0 Å². The van der Waals surface area contributed by atoms with Gasteiger partial charge >= 0.3 is 0 Å². The van der Waals surface area contributed by atoms with Crippen LogP contribution in [0.15, 0.2) is 60.8 Å². The van der Waals surface area contributed by atoms with E-state index in [-0.39, 0.29) is 22.9 Å². The highest BCUT2D eigenvalue weighted by molar-refractivity contribution is 6.06. The van der Waals surface area contributed by atoms with Gasteiger partial charge in [-0.1, -0.05) is 30.3 Å². The molecule has 0 aliphatic carbocycles. The highest BCUT2D eigenvalue weighted by atomic mass is 19.1. The van der Waals surface area contributed by atoms with Gasteiger partial charge in [-0.3, -0.25) is 4.79 Å². The van der Waals surface area contributed by atoms with E-state index in [1.165, 1.54) is 18.3 Å². The number of amides is 1. The van der Waals surface area contributed by atoms with Crippen molar-refractivity contribution in [3.8, 4) is 17.0 Å². The molecule has 138 valence electrons. The molecule has 0 fully saturated rings. The fraction of sp³-hybridized carbons (Fsp3) is 0.143. The zero-order valence-electron chi connectivity index (χ0n) is 14.9. The van der Waals surface area contributed by atoms with E-state index in [1.54, 1.807) is 36.4 Å². The van der Waals surface area contributed by atoms with Crippen molar-refractivity contribution < 1.29 is 18.3 Å². The number of hydrogen-bond donors (Lipinski definition) is 1. The highest BCUT2D eigenvalue weighted by Gasteiger charge is 2.17. The second-order valence-electron chi connectivity index (χ2n) is 6.18. The molecular formula is C21H18F2N2O2. The molecule has 6 heteroatoms. The normalized spacial score (nSPS) is 10.7. The lowest BCUT2D eigenvalue weighted by molar-refractivity contribution is 0.102. The van der Waals surface area contributed by atoms with Gasteiger partial charge in [-0.15, -0.1) is 0 Å². The number of carbonyl (C=O) groups is 1. The van der Waals surface area contributed by atoms with Crippen molar-refractivity contribution in [2.45, 2.75) is 20.0 Å². The van der Waals surface area contributed by atoms with Gasteiger partial charge in [0.25, 0.3) is 5.91 Å². The fourth-order valence-corrected chi connectivity index (χ4v) is 2.56. The molecule has 0 atom stereocenters. The first-order chi connectivity index (χ1) is 12.9. The Balaban J connectivity index is 1.90. The number of pyridine rings is 1. The summed E-state index contributed by atoms with van der Waals surface area (Å²) in [5.74, 6) is -1.74. The van der Waals surface area contributed by atoms with Crippen LogP contribution in [0.1, 0.15) is 24.2 Å². The number of benzene rings is 2. The minimum atomic E-state index is -0.852. The SMILES string of the molecule is CC(C)Oc1ccc(C(=O)Nc2c(F)cc(F)cc2-c2ccccc2)cn1. The van der Waals surface area contributed by atoms with Crippen LogP contribution in [-0.4, -0.2) is 17.0 Å². The van der Waals surface area contributed by atoms with Gasteiger partial charge in [0.2, 0.25) is 5.88 Å². The molecule has 1 aromatic heterocycles. The summed E-state index contributed by atoms with van der Waals surface area (Å²) >= 11 is 0. The third kappa shape index (κ3) is 4.47. The monoisotopic (exact) mass is 368 g/mol. The van der Waals surface area contributed by atoms with E-state index in [0.29, 0.717) is 11.4 Å². The Kier molecular flexibility index (Phi) is 5.45. The molecule has 1 heterocycles. The third-order valence-corrected chi connectivity index (χ3v) is 3.73. The largest absolute Gasteiger partial charge is 0.475 e. The predicted molar refractivity (Wildman–Crippen MR) is 99.7 cm³/mol. The summed E-state index contributed by atoms with van der Waals surface area (Å²) in [5, 5.41) is 2.52. The van der Waals surface area contributed by atoms with Crippen molar-refractivity contribution in [3.05, 3.63) is 78.0 Å². The quantitative estimate of drug-likeness (QED) is 0.684. The van der Waals surface area contributed by atoms with Gasteiger partial charge in [0.15, 0.2) is 0 Å². The molecule has 0 unspecified atom stereocenters. The molecule has 0 aliphatic heterocycles. The number of anilines is 1. The third-order valence-electron chi connectivity index (χ3n) is 3.73. The number of hydrogen-bond acceptors (Lipinski definition) is 3. The number of aromatic nitrogens is 1. The molecule has 3 aromatic rings. The Labute approximate surface area is 155 Å². The van der Waals surface area contributed by atoms with Crippen molar-refractivity contribution >= 4 is 11.6 Å². The number of carbonyl (C=O) groups excluding carboxylic acids is 1. The van der Waals surface area contributed by atoms with E-state index in [2.05, 4.69) is 10.3 Å². The Hall–Kier alpha value is -3.28. The molecule has 3 rings (SSSR count). The second-order valence-corrected chi connectivity index (χ2v) is 6.18. The fourth-order valence-electron chi connectivity index (χ4n) is 2.56. The molecule has 1 N–H and O–H groups in total. The van der Waals surface area contributed by atoms with Crippen molar-refractivity contribution in [1.82, 2.24) is 4.98 Å². The van der Waals surface area contributed by atoms with E-state index in [0.717, 1.165) is 6.07 Å². The molecular weight excluding hydrogens is 350 g/mol. The summed E-state index contributed by atoms with van der Waals surface area (Å²) in [4.78, 5) is 16.6. The molecule has 0 spiro atoms. The molecule has 4 nitrogen and oxygen atoms in total. The maximum Gasteiger partial charge on any atom is 0.257 e. The number of nitrogens with one attached hydrogen (secondary N) is 1. The molecule has 27 heavy (non-hydrogen) atoms. The Morgan fingerprint density at radius 3 is 2.44 bits per heavy atom. The summed E-state index contributed by atoms with van der Waals surface area (Å²) in [5.41, 5.74) is 0.989. The molecule has 0 radical (unpaired) electrons. The standard InChI is InChI=1S/C21H18F2N2O2/c1-13(2)27-19-9-8-15(12-24-19)21(26)25-20-17(10-16(22)11-18(20)23)14-6-4-3-5-7-14/h3-13H,1-2H3,(H,25,26). The van der Waals surface area contributed by atoms with E-state index < -0.39 is 17.5 Å². The van der Waals surface area contributed by atoms with Crippen LogP contribution in [0, 0.1) is 11.6 Å². The Morgan fingerprint density at radius 1 is 1.07 bits per heavy atom. The summed E-state index contributed by atoms with van der Waals surface area (Å²) in [6.07, 6.45) is 1.30. The minimum absolute atomic E-state index is 0.0427. The minimum Gasteiger partial charge on any atom is -0.475 e. The molecule has 0 bridgehead atoms. The smallest absolute Gasteiger partial charge is 0.257 e. The maximum absolute atomic E-state index is 14.4. The first kappa shape index (κ1) is 18.5. The number of halogens is 2. The van der Waals surface area contributed by atoms with E-state index in [1.807, 2.05) is 13.8 Å². The first-order valence-corrected chi connectivity index (χ1v) is 8.42. The predicted octanol–water partition coefficient (Wildman–Crippen LogP) is 5.07. The molecule has 2 aromatic carbocycles. The number of nitrogens with zero attached hydrogens (tertiary/aromatic N) is 1. The zero-order valence-corrected chi connectivity index (χ0v) is 14.9. The molecule has 0 saturated carbocycles. The first-order valence-electron chi connectivity index (χ1n) is 8.42. The summed E-state index contributed by atoms with van der Waals surface area (Å²) in [6, 6.07) is 13.7. The molecule has 1 amide bonds. The van der Waals surface area contributed by atoms with Crippen molar-refractivity contribution in [1.29, 1.82) is 0 Å². The van der Waals surface area contributed by atoms with Crippen molar-refractivity contribution in [2.75, 3.05) is 5.32 Å². The van der Waals surface area contributed by atoms with Gasteiger partial charge in [-0.05, 0) is 31.5 Å². The van der Waals surface area contributed by atoms with Gasteiger partial charge in [0.1, 0.15) is 11.6 Å². The number of ether oxygens (including phenoxy) is 1. The Bertz CT molecular complexity index is 942. The summed E-state index contributed by atoms with van der Waals surface area (Å²) in [7, 11) is 0. The van der Waals surface area contributed by atoms with Crippen molar-refractivity contribution in [2.24, 2.45) is 0 Å². The van der Waals surface area contributed by atoms with Gasteiger partial charge in [0.05, 0.1) is 17.4 Å². The second kappa shape index (κ2) is 7.95. The van der Waals surface area contributed by atoms with E-state index in [9.17, 15) is 13.6 Å². The van der Waals surface area contributed by atoms with Gasteiger partial charge < -0.3 is 10.1 Å². The van der Waals surface area contributed by atoms with Gasteiger partial charge in [-0.25, -0.2) is 13.8 Å². The maximum atomic E-state index is 14.4. The lowest BCUT2D eigenvalue weighted by Gasteiger charge is -2.13. The van der Waals surface area contributed by atoms with Crippen LogP contribution < -0.4 is 10.1 Å². The molecule has 0 saturated heterocycles. The van der Waals surface area contributed by atoms with Gasteiger partial charge in [-0.2, -0.15) is 0 Å². The van der Waals surface area contributed by atoms with E-state index in [4.69, 9.17) is 4.74 Å². The van der Waals surface area contributed by atoms with Crippen LogP contribution in [0.3, 0.4) is 0 Å². The lowest BCUT2D eigenvalue weighted by Crippen LogP contribution is -2.15. The zero-order chi connectivity index (χ0) is 19.4. The lowest BCUT2D eigenvalue weighted by atomic mass is 10.0. The van der Waals surface area contributed by atoms with Crippen LogP contribution in [-0.2, 0) is 0 Å². The Morgan fingerprint density at radius 2 is 1.81 bits per heavy atom. The van der Waals surface area contributed by atoms with Gasteiger partial charge in [0, 0.05) is 23.9 Å². The van der Waals surface area contributed by atoms with E-state index >= 15 is 0 Å². The van der Waals surface area contributed by atoms with Crippen molar-refractivity contribution in [3.63, 3.8) is 0 Å².